The third kappa shape index (κ3) is 2.28. The minimum Gasteiger partial charge on any atom is -0.395 e. The Morgan fingerprint density at radius 1 is 1.39 bits per heavy atom. The fraction of sp³-hybridized carbons (Fsp3) is 0.583. The zero-order chi connectivity index (χ0) is 13.0. The summed E-state index contributed by atoms with van der Waals surface area (Å²) >= 11 is 0. The van der Waals surface area contributed by atoms with Crippen molar-refractivity contribution in [3.05, 3.63) is 18.7 Å². The van der Waals surface area contributed by atoms with Crippen LogP contribution in [-0.4, -0.2) is 43.9 Å². The third-order valence-electron chi connectivity index (χ3n) is 3.19. The van der Waals surface area contributed by atoms with Crippen LogP contribution in [0.4, 0.5) is 5.82 Å². The van der Waals surface area contributed by atoms with Crippen molar-refractivity contribution in [3.63, 3.8) is 0 Å². The molecular weight excluding hydrogens is 230 g/mol. The first-order valence-electron chi connectivity index (χ1n) is 6.33. The van der Waals surface area contributed by atoms with Gasteiger partial charge in [-0.25, -0.2) is 4.98 Å². The summed E-state index contributed by atoms with van der Waals surface area (Å²) in [5.41, 5.74) is 0.734. The molecule has 0 fully saturated rings. The summed E-state index contributed by atoms with van der Waals surface area (Å²) in [6, 6.07) is 0.354. The second-order valence-corrected chi connectivity index (χ2v) is 4.20. The highest BCUT2D eigenvalue weighted by atomic mass is 16.3. The van der Waals surface area contributed by atoms with Crippen LogP contribution in [-0.2, 0) is 0 Å². The van der Waals surface area contributed by atoms with Crippen molar-refractivity contribution in [1.29, 1.82) is 0 Å². The highest BCUT2D eigenvalue weighted by Crippen LogP contribution is 2.21. The van der Waals surface area contributed by atoms with Crippen molar-refractivity contribution < 1.29 is 5.11 Å². The molecule has 0 saturated heterocycles. The molecule has 2 rings (SSSR count). The van der Waals surface area contributed by atoms with Gasteiger partial charge in [-0.15, -0.1) is 10.2 Å². The van der Waals surface area contributed by atoms with Gasteiger partial charge in [-0.2, -0.15) is 0 Å². The van der Waals surface area contributed by atoms with Crippen molar-refractivity contribution in [2.75, 3.05) is 18.1 Å². The fourth-order valence-electron chi connectivity index (χ4n) is 2.25. The molecule has 6 nitrogen and oxygen atoms in total. The number of fused-ring (bicyclic) bond motifs is 1. The Bertz CT molecular complexity index is 494. The molecule has 6 heteroatoms. The molecule has 0 aromatic carbocycles. The van der Waals surface area contributed by atoms with E-state index < -0.39 is 0 Å². The van der Waals surface area contributed by atoms with Gasteiger partial charge >= 0.3 is 0 Å². The molecule has 2 heterocycles. The molecule has 0 unspecified atom stereocenters. The van der Waals surface area contributed by atoms with Gasteiger partial charge in [0.15, 0.2) is 5.82 Å². The highest BCUT2D eigenvalue weighted by Gasteiger charge is 2.19. The summed E-state index contributed by atoms with van der Waals surface area (Å²) < 4.78 is 1.84. The Morgan fingerprint density at radius 3 is 2.83 bits per heavy atom. The lowest BCUT2D eigenvalue weighted by Gasteiger charge is -2.30. The van der Waals surface area contributed by atoms with E-state index in [2.05, 4.69) is 33.9 Å². The zero-order valence-electron chi connectivity index (χ0n) is 10.8. The van der Waals surface area contributed by atoms with Gasteiger partial charge in [0.2, 0.25) is 5.65 Å². The van der Waals surface area contributed by atoms with E-state index in [-0.39, 0.29) is 6.61 Å². The lowest BCUT2D eigenvalue weighted by atomic mass is 10.1. The van der Waals surface area contributed by atoms with Gasteiger partial charge in [0.05, 0.1) is 6.61 Å². The normalized spacial score (nSPS) is 11.3. The number of nitrogens with zero attached hydrogens (tertiary/aromatic N) is 5. The molecule has 0 aliphatic heterocycles. The number of aliphatic hydroxyl groups excluding tert-OH is 1. The van der Waals surface area contributed by atoms with Crippen LogP contribution in [0.5, 0.6) is 0 Å². The molecule has 1 N–H and O–H groups in total. The van der Waals surface area contributed by atoms with Crippen molar-refractivity contribution in [2.24, 2.45) is 0 Å². The standard InChI is InChI=1S/C12H19N5O/c1-3-10(4-2)17(7-8-18)11-12-15-14-9-16(12)6-5-13-11/h5-6,9-10,18H,3-4,7-8H2,1-2H3. The average molecular weight is 249 g/mol. The second kappa shape index (κ2) is 5.77. The number of aromatic nitrogens is 4. The van der Waals surface area contributed by atoms with Crippen LogP contribution < -0.4 is 4.90 Å². The SMILES string of the molecule is CCC(CC)N(CCO)c1nccn2cnnc12. The predicted octanol–water partition coefficient (Wildman–Crippen LogP) is 1.11. The maximum atomic E-state index is 9.25. The second-order valence-electron chi connectivity index (χ2n) is 4.20. The summed E-state index contributed by atoms with van der Waals surface area (Å²) in [5, 5.41) is 17.2. The Morgan fingerprint density at radius 2 is 2.17 bits per heavy atom. The van der Waals surface area contributed by atoms with Crippen LogP contribution in [0.25, 0.3) is 5.65 Å². The monoisotopic (exact) mass is 249 g/mol. The molecular formula is C12H19N5O. The summed E-state index contributed by atoms with van der Waals surface area (Å²) in [7, 11) is 0. The molecule has 0 bridgehead atoms. The first-order chi connectivity index (χ1) is 8.81. The van der Waals surface area contributed by atoms with E-state index in [0.717, 1.165) is 24.3 Å². The van der Waals surface area contributed by atoms with E-state index in [1.54, 1.807) is 12.5 Å². The van der Waals surface area contributed by atoms with E-state index in [1.165, 1.54) is 0 Å². The first-order valence-corrected chi connectivity index (χ1v) is 6.33. The van der Waals surface area contributed by atoms with Gasteiger partial charge in [0, 0.05) is 25.0 Å². The van der Waals surface area contributed by atoms with Gasteiger partial charge in [-0.3, -0.25) is 4.40 Å². The number of hydrogen-bond donors (Lipinski definition) is 1. The topological polar surface area (TPSA) is 66.5 Å². The molecule has 0 saturated carbocycles. The molecule has 0 aliphatic carbocycles. The maximum absolute atomic E-state index is 9.25. The van der Waals surface area contributed by atoms with E-state index in [4.69, 9.17) is 0 Å². The number of hydrogen-bond acceptors (Lipinski definition) is 5. The average Bonchev–Trinajstić information content (AvgIpc) is 2.87. The Labute approximate surface area is 106 Å². The zero-order valence-corrected chi connectivity index (χ0v) is 10.8. The number of anilines is 1. The van der Waals surface area contributed by atoms with Crippen molar-refractivity contribution >= 4 is 11.5 Å². The molecule has 0 radical (unpaired) electrons. The van der Waals surface area contributed by atoms with E-state index in [1.807, 2.05) is 10.6 Å². The molecule has 0 aliphatic rings. The molecule has 2 aromatic rings. The fourth-order valence-corrected chi connectivity index (χ4v) is 2.25. The molecule has 0 amide bonds. The van der Waals surface area contributed by atoms with E-state index in [0.29, 0.717) is 12.6 Å². The van der Waals surface area contributed by atoms with Gasteiger partial charge in [-0.05, 0) is 12.8 Å². The van der Waals surface area contributed by atoms with E-state index >= 15 is 0 Å². The van der Waals surface area contributed by atoms with Crippen molar-refractivity contribution in [1.82, 2.24) is 19.6 Å². The Balaban J connectivity index is 2.43. The summed E-state index contributed by atoms with van der Waals surface area (Å²) in [4.78, 5) is 6.52. The molecule has 18 heavy (non-hydrogen) atoms. The van der Waals surface area contributed by atoms with Gasteiger partial charge in [-0.1, -0.05) is 13.8 Å². The Kier molecular flexibility index (Phi) is 4.09. The molecule has 0 spiro atoms. The largest absolute Gasteiger partial charge is 0.395 e. The van der Waals surface area contributed by atoms with Crippen LogP contribution in [0.2, 0.25) is 0 Å². The van der Waals surface area contributed by atoms with Crippen molar-refractivity contribution in [3.8, 4) is 0 Å². The lowest BCUT2D eigenvalue weighted by molar-refractivity contribution is 0.295. The van der Waals surface area contributed by atoms with Crippen LogP contribution in [0, 0.1) is 0 Å². The van der Waals surface area contributed by atoms with Gasteiger partial charge < -0.3 is 10.0 Å². The molecule has 2 aromatic heterocycles. The number of aliphatic hydroxyl groups is 1. The van der Waals surface area contributed by atoms with Crippen LogP contribution >= 0.6 is 0 Å². The molecule has 0 atom stereocenters. The van der Waals surface area contributed by atoms with E-state index in [9.17, 15) is 5.11 Å². The summed E-state index contributed by atoms with van der Waals surface area (Å²) in [6.07, 6.45) is 7.23. The molecule has 98 valence electrons. The summed E-state index contributed by atoms with van der Waals surface area (Å²) in [6.45, 7) is 4.95. The minimum atomic E-state index is 0.105. The predicted molar refractivity (Wildman–Crippen MR) is 69.6 cm³/mol. The highest BCUT2D eigenvalue weighted by molar-refractivity contribution is 5.63. The van der Waals surface area contributed by atoms with Gasteiger partial charge in [0.1, 0.15) is 6.33 Å². The van der Waals surface area contributed by atoms with Crippen LogP contribution in [0.15, 0.2) is 18.7 Å². The third-order valence-corrected chi connectivity index (χ3v) is 3.19. The minimum absolute atomic E-state index is 0.105. The van der Waals surface area contributed by atoms with Crippen molar-refractivity contribution in [2.45, 2.75) is 32.7 Å². The smallest absolute Gasteiger partial charge is 0.203 e. The first kappa shape index (κ1) is 12.8. The quantitative estimate of drug-likeness (QED) is 0.830. The lowest BCUT2D eigenvalue weighted by Crippen LogP contribution is -2.37. The summed E-state index contributed by atoms with van der Waals surface area (Å²) in [5.74, 6) is 0.790. The van der Waals surface area contributed by atoms with Crippen LogP contribution in [0.1, 0.15) is 26.7 Å². The number of rotatable bonds is 6. The Hall–Kier alpha value is -1.69. The van der Waals surface area contributed by atoms with Crippen LogP contribution in [0.3, 0.4) is 0 Å². The maximum Gasteiger partial charge on any atom is 0.203 e. The van der Waals surface area contributed by atoms with Gasteiger partial charge in [0.25, 0.3) is 0 Å².